The molecule has 0 radical (unpaired) electrons. The zero-order chi connectivity index (χ0) is 16.0. The highest BCUT2D eigenvalue weighted by molar-refractivity contribution is 5.93. The Morgan fingerprint density at radius 2 is 2.05 bits per heavy atom. The number of ether oxygens (including phenoxy) is 1. The van der Waals surface area contributed by atoms with Crippen molar-refractivity contribution in [1.82, 2.24) is 4.90 Å². The van der Waals surface area contributed by atoms with Crippen molar-refractivity contribution in [3.8, 4) is 0 Å². The topological polar surface area (TPSA) is 78.9 Å². The summed E-state index contributed by atoms with van der Waals surface area (Å²) in [5.41, 5.74) is 0.258. The second-order valence-electron chi connectivity index (χ2n) is 5.17. The van der Waals surface area contributed by atoms with Crippen molar-refractivity contribution in [3.05, 3.63) is 29.8 Å². The fourth-order valence-electron chi connectivity index (χ4n) is 2.00. The van der Waals surface area contributed by atoms with Crippen LogP contribution in [0.3, 0.4) is 0 Å². The summed E-state index contributed by atoms with van der Waals surface area (Å²) in [6.07, 6.45) is 0. The molecule has 0 fully saturated rings. The smallest absolute Gasteiger partial charge is 0.329 e. The van der Waals surface area contributed by atoms with E-state index >= 15 is 0 Å². The maximum atomic E-state index is 12.3. The second kappa shape index (κ2) is 7.08. The molecule has 0 aliphatic rings. The van der Waals surface area contributed by atoms with E-state index in [1.807, 2.05) is 12.1 Å². The molecule has 6 heteroatoms. The Morgan fingerprint density at radius 1 is 1.38 bits per heavy atom. The fraction of sp³-hybridized carbons (Fsp3) is 0.467. The quantitative estimate of drug-likeness (QED) is 0.845. The Hall–Kier alpha value is -2.08. The molecule has 2 amide bonds. The summed E-state index contributed by atoms with van der Waals surface area (Å²) in [4.78, 5) is 24.8. The van der Waals surface area contributed by atoms with Crippen LogP contribution in [-0.4, -0.2) is 41.2 Å². The number of carbonyl (C=O) groups excluding carboxylic acids is 1. The lowest BCUT2D eigenvalue weighted by Crippen LogP contribution is -2.54. The number of urea groups is 1. The standard InChI is InChI=1S/C15H22N2O4/c1-5-17(15(2,3)13(18)19)14(20)16-12-8-6-7-11(9-12)10-21-4/h6-9H,5,10H2,1-4H3,(H,16,20)(H,18,19). The lowest BCUT2D eigenvalue weighted by molar-refractivity contribution is -0.147. The number of carboxylic acids is 1. The minimum absolute atomic E-state index is 0.295. The Labute approximate surface area is 124 Å². The average molecular weight is 294 g/mol. The number of nitrogens with zero attached hydrogens (tertiary/aromatic N) is 1. The number of anilines is 1. The zero-order valence-electron chi connectivity index (χ0n) is 12.8. The Balaban J connectivity index is 2.88. The largest absolute Gasteiger partial charge is 0.480 e. The van der Waals surface area contributed by atoms with Gasteiger partial charge in [-0.05, 0) is 38.5 Å². The number of nitrogens with one attached hydrogen (secondary N) is 1. The molecule has 0 saturated heterocycles. The highest BCUT2D eigenvalue weighted by Crippen LogP contribution is 2.18. The van der Waals surface area contributed by atoms with Gasteiger partial charge in [0.2, 0.25) is 0 Å². The molecule has 0 aliphatic carbocycles. The van der Waals surface area contributed by atoms with Crippen molar-refractivity contribution < 1.29 is 19.4 Å². The molecular weight excluding hydrogens is 272 g/mol. The van der Waals surface area contributed by atoms with E-state index in [9.17, 15) is 14.7 Å². The number of carboxylic acid groups (broad SMARTS) is 1. The SMILES string of the molecule is CCN(C(=O)Nc1cccc(COC)c1)C(C)(C)C(=O)O. The first-order chi connectivity index (χ1) is 9.82. The molecule has 1 aromatic carbocycles. The summed E-state index contributed by atoms with van der Waals surface area (Å²) in [7, 11) is 1.60. The normalized spacial score (nSPS) is 11.0. The van der Waals surface area contributed by atoms with Crippen LogP contribution in [0.25, 0.3) is 0 Å². The molecular formula is C15H22N2O4. The number of benzene rings is 1. The molecule has 0 unspecified atom stereocenters. The molecule has 0 atom stereocenters. The summed E-state index contributed by atoms with van der Waals surface area (Å²) in [6.45, 7) is 5.48. The Bertz CT molecular complexity index is 514. The minimum atomic E-state index is -1.27. The minimum Gasteiger partial charge on any atom is -0.480 e. The molecule has 1 aromatic rings. The van der Waals surface area contributed by atoms with E-state index in [-0.39, 0.29) is 0 Å². The molecule has 116 valence electrons. The molecule has 0 aliphatic heterocycles. The summed E-state index contributed by atoms with van der Waals surface area (Å²) < 4.78 is 5.04. The summed E-state index contributed by atoms with van der Waals surface area (Å²) >= 11 is 0. The average Bonchev–Trinajstić information content (AvgIpc) is 2.39. The maximum Gasteiger partial charge on any atom is 0.329 e. The van der Waals surface area contributed by atoms with Gasteiger partial charge >= 0.3 is 12.0 Å². The van der Waals surface area contributed by atoms with Gasteiger partial charge < -0.3 is 20.1 Å². The van der Waals surface area contributed by atoms with E-state index < -0.39 is 17.5 Å². The van der Waals surface area contributed by atoms with Crippen LogP contribution in [0.4, 0.5) is 10.5 Å². The molecule has 21 heavy (non-hydrogen) atoms. The molecule has 2 N–H and O–H groups in total. The van der Waals surface area contributed by atoms with Crippen LogP contribution in [0.5, 0.6) is 0 Å². The molecule has 0 saturated carbocycles. The van der Waals surface area contributed by atoms with Crippen molar-refractivity contribution in [2.75, 3.05) is 19.0 Å². The van der Waals surface area contributed by atoms with Gasteiger partial charge in [0.15, 0.2) is 0 Å². The number of hydrogen-bond donors (Lipinski definition) is 2. The van der Waals surface area contributed by atoms with Gasteiger partial charge in [-0.25, -0.2) is 9.59 Å². The fourth-order valence-corrected chi connectivity index (χ4v) is 2.00. The highest BCUT2D eigenvalue weighted by atomic mass is 16.5. The predicted molar refractivity (Wildman–Crippen MR) is 80.3 cm³/mol. The summed E-state index contributed by atoms with van der Waals surface area (Å²) in [5, 5.41) is 12.0. The second-order valence-corrected chi connectivity index (χ2v) is 5.17. The zero-order valence-corrected chi connectivity index (χ0v) is 12.8. The lowest BCUT2D eigenvalue weighted by Gasteiger charge is -2.34. The maximum absolute atomic E-state index is 12.3. The van der Waals surface area contributed by atoms with E-state index in [4.69, 9.17) is 4.74 Å². The van der Waals surface area contributed by atoms with Gasteiger partial charge in [0.05, 0.1) is 6.61 Å². The van der Waals surface area contributed by atoms with Gasteiger partial charge in [0, 0.05) is 19.3 Å². The van der Waals surface area contributed by atoms with Crippen molar-refractivity contribution in [2.24, 2.45) is 0 Å². The first-order valence-electron chi connectivity index (χ1n) is 6.72. The van der Waals surface area contributed by atoms with E-state index in [0.717, 1.165) is 5.56 Å². The van der Waals surface area contributed by atoms with Crippen molar-refractivity contribution in [3.63, 3.8) is 0 Å². The third kappa shape index (κ3) is 4.19. The monoisotopic (exact) mass is 294 g/mol. The number of hydrogen-bond acceptors (Lipinski definition) is 3. The Morgan fingerprint density at radius 3 is 2.57 bits per heavy atom. The van der Waals surface area contributed by atoms with Crippen LogP contribution in [0.2, 0.25) is 0 Å². The van der Waals surface area contributed by atoms with Crippen LogP contribution in [-0.2, 0) is 16.1 Å². The summed E-state index contributed by atoms with van der Waals surface area (Å²) in [5.74, 6) is -1.05. The Kier molecular flexibility index (Phi) is 5.72. The first-order valence-corrected chi connectivity index (χ1v) is 6.72. The van der Waals surface area contributed by atoms with Crippen molar-refractivity contribution in [2.45, 2.75) is 32.9 Å². The third-order valence-corrected chi connectivity index (χ3v) is 3.25. The van der Waals surface area contributed by atoms with Gasteiger partial charge in [0.1, 0.15) is 5.54 Å². The van der Waals surface area contributed by atoms with Crippen LogP contribution in [0.15, 0.2) is 24.3 Å². The number of carbonyl (C=O) groups is 2. The predicted octanol–water partition coefficient (Wildman–Crippen LogP) is 2.55. The van der Waals surface area contributed by atoms with E-state index in [2.05, 4.69) is 5.32 Å². The van der Waals surface area contributed by atoms with Gasteiger partial charge in [-0.1, -0.05) is 12.1 Å². The van der Waals surface area contributed by atoms with E-state index in [1.54, 1.807) is 26.2 Å². The van der Waals surface area contributed by atoms with Crippen LogP contribution in [0, 0.1) is 0 Å². The van der Waals surface area contributed by atoms with Crippen LogP contribution < -0.4 is 5.32 Å². The first kappa shape index (κ1) is 17.0. The van der Waals surface area contributed by atoms with Gasteiger partial charge in [0.25, 0.3) is 0 Å². The van der Waals surface area contributed by atoms with E-state index in [0.29, 0.717) is 18.8 Å². The molecule has 6 nitrogen and oxygen atoms in total. The molecule has 0 spiro atoms. The summed E-state index contributed by atoms with van der Waals surface area (Å²) in [6, 6.07) is 6.79. The van der Waals surface area contributed by atoms with Gasteiger partial charge in [-0.2, -0.15) is 0 Å². The molecule has 1 rings (SSSR count). The third-order valence-electron chi connectivity index (χ3n) is 3.25. The lowest BCUT2D eigenvalue weighted by atomic mass is 10.0. The molecule has 0 bridgehead atoms. The van der Waals surface area contributed by atoms with Gasteiger partial charge in [-0.3, -0.25) is 0 Å². The van der Waals surface area contributed by atoms with Crippen molar-refractivity contribution >= 4 is 17.7 Å². The highest BCUT2D eigenvalue weighted by Gasteiger charge is 2.36. The number of methoxy groups -OCH3 is 1. The van der Waals surface area contributed by atoms with Crippen LogP contribution in [0.1, 0.15) is 26.3 Å². The number of likely N-dealkylation sites (N-methyl/N-ethyl adjacent to an activating group) is 1. The molecule has 0 heterocycles. The molecule has 0 aromatic heterocycles. The van der Waals surface area contributed by atoms with Crippen LogP contribution >= 0.6 is 0 Å². The van der Waals surface area contributed by atoms with E-state index in [1.165, 1.54) is 18.7 Å². The number of aliphatic carboxylic acids is 1. The van der Waals surface area contributed by atoms with Gasteiger partial charge in [-0.15, -0.1) is 0 Å². The van der Waals surface area contributed by atoms with Crippen molar-refractivity contribution in [1.29, 1.82) is 0 Å². The number of amides is 2. The number of rotatable bonds is 6.